The van der Waals surface area contributed by atoms with Gasteiger partial charge in [-0.2, -0.15) is 5.26 Å². The quantitative estimate of drug-likeness (QED) is 0.480. The summed E-state index contributed by atoms with van der Waals surface area (Å²) >= 11 is 0. The van der Waals surface area contributed by atoms with Crippen molar-refractivity contribution in [2.75, 3.05) is 12.4 Å². The van der Waals surface area contributed by atoms with Crippen LogP contribution in [0.25, 0.3) is 6.08 Å². The summed E-state index contributed by atoms with van der Waals surface area (Å²) in [7, 11) is 1.52. The van der Waals surface area contributed by atoms with Crippen LogP contribution < -0.4 is 10.1 Å². The van der Waals surface area contributed by atoms with E-state index in [2.05, 4.69) is 5.32 Å². The maximum Gasteiger partial charge on any atom is 0.349 e. The van der Waals surface area contributed by atoms with Gasteiger partial charge in [0.1, 0.15) is 23.2 Å². The Balaban J connectivity index is 2.04. The maximum atomic E-state index is 13.6. The summed E-state index contributed by atoms with van der Waals surface area (Å²) in [6.07, 6.45) is 0.119. The normalized spacial score (nSPS) is 11.9. The minimum absolute atomic E-state index is 0.0281. The van der Waals surface area contributed by atoms with Crippen LogP contribution in [0.5, 0.6) is 5.75 Å². The number of nitriles is 1. The molecule has 0 spiro atoms. The van der Waals surface area contributed by atoms with E-state index < -0.39 is 23.8 Å². The molecular weight excluding hydrogens is 351 g/mol. The smallest absolute Gasteiger partial charge is 0.349 e. The Bertz CT molecular complexity index is 901. The fraction of sp³-hybridized carbons (Fsp3) is 0.150. The number of carbonyl (C=O) groups excluding carboxylic acids is 2. The first-order valence-corrected chi connectivity index (χ1v) is 7.97. The zero-order chi connectivity index (χ0) is 19.8. The molecule has 27 heavy (non-hydrogen) atoms. The highest BCUT2D eigenvalue weighted by Crippen LogP contribution is 2.16. The molecule has 2 aromatic rings. The average molecular weight is 368 g/mol. The molecule has 0 aromatic heterocycles. The molecular formula is C20H17FN2O4. The molecule has 0 aliphatic carbocycles. The van der Waals surface area contributed by atoms with E-state index in [0.717, 1.165) is 0 Å². The Kier molecular flexibility index (Phi) is 6.67. The van der Waals surface area contributed by atoms with Gasteiger partial charge in [-0.3, -0.25) is 4.79 Å². The monoisotopic (exact) mass is 368 g/mol. The highest BCUT2D eigenvalue weighted by Gasteiger charge is 2.21. The van der Waals surface area contributed by atoms with Crippen LogP contribution in [0, 0.1) is 17.1 Å². The molecule has 1 atom stereocenters. The van der Waals surface area contributed by atoms with Crippen molar-refractivity contribution in [3.63, 3.8) is 0 Å². The summed E-state index contributed by atoms with van der Waals surface area (Å²) in [6, 6.07) is 14.0. The van der Waals surface area contributed by atoms with Gasteiger partial charge in [0.15, 0.2) is 6.10 Å². The van der Waals surface area contributed by atoms with E-state index in [-0.39, 0.29) is 11.3 Å². The van der Waals surface area contributed by atoms with E-state index >= 15 is 0 Å². The molecule has 0 fully saturated rings. The topological polar surface area (TPSA) is 88.4 Å². The predicted octanol–water partition coefficient (Wildman–Crippen LogP) is 3.31. The summed E-state index contributed by atoms with van der Waals surface area (Å²) in [4.78, 5) is 24.2. The van der Waals surface area contributed by atoms with Gasteiger partial charge >= 0.3 is 5.97 Å². The molecule has 2 aromatic carbocycles. The second-order valence-corrected chi connectivity index (χ2v) is 5.46. The lowest BCUT2D eigenvalue weighted by atomic mass is 10.1. The minimum atomic E-state index is -1.22. The molecule has 0 aliphatic rings. The van der Waals surface area contributed by atoms with E-state index in [9.17, 15) is 19.2 Å². The molecule has 0 saturated heterocycles. The van der Waals surface area contributed by atoms with Crippen LogP contribution in [0.1, 0.15) is 12.5 Å². The fourth-order valence-electron chi connectivity index (χ4n) is 2.08. The van der Waals surface area contributed by atoms with Gasteiger partial charge in [0, 0.05) is 0 Å². The van der Waals surface area contributed by atoms with Crippen molar-refractivity contribution in [3.8, 4) is 11.8 Å². The molecule has 1 amide bonds. The highest BCUT2D eigenvalue weighted by atomic mass is 19.1. The van der Waals surface area contributed by atoms with Crippen molar-refractivity contribution in [3.05, 3.63) is 65.5 Å². The molecule has 138 valence electrons. The van der Waals surface area contributed by atoms with Crippen LogP contribution >= 0.6 is 0 Å². The lowest BCUT2D eigenvalue weighted by molar-refractivity contribution is -0.148. The second kappa shape index (κ2) is 9.15. The molecule has 0 unspecified atom stereocenters. The number of halogens is 1. The van der Waals surface area contributed by atoms with E-state index in [1.807, 2.05) is 0 Å². The Morgan fingerprint density at radius 2 is 1.85 bits per heavy atom. The van der Waals surface area contributed by atoms with Gasteiger partial charge in [0.2, 0.25) is 0 Å². The number of benzene rings is 2. The third kappa shape index (κ3) is 5.41. The van der Waals surface area contributed by atoms with Gasteiger partial charge < -0.3 is 14.8 Å². The van der Waals surface area contributed by atoms with E-state index in [4.69, 9.17) is 9.47 Å². The number of hydrogen-bond acceptors (Lipinski definition) is 5. The molecule has 0 radical (unpaired) electrons. The number of esters is 1. The zero-order valence-electron chi connectivity index (χ0n) is 14.7. The molecule has 7 heteroatoms. The number of para-hydroxylation sites is 1. The van der Waals surface area contributed by atoms with Gasteiger partial charge in [-0.25, -0.2) is 9.18 Å². The average Bonchev–Trinajstić information content (AvgIpc) is 2.68. The first-order chi connectivity index (χ1) is 12.9. The number of ether oxygens (including phenoxy) is 2. The predicted molar refractivity (Wildman–Crippen MR) is 97.2 cm³/mol. The van der Waals surface area contributed by atoms with Crippen LogP contribution in [-0.4, -0.2) is 25.1 Å². The van der Waals surface area contributed by atoms with Crippen molar-refractivity contribution in [2.24, 2.45) is 0 Å². The minimum Gasteiger partial charge on any atom is -0.497 e. The van der Waals surface area contributed by atoms with Crippen molar-refractivity contribution in [1.82, 2.24) is 0 Å². The van der Waals surface area contributed by atoms with Crippen molar-refractivity contribution < 1.29 is 23.5 Å². The largest absolute Gasteiger partial charge is 0.497 e. The molecule has 6 nitrogen and oxygen atoms in total. The fourth-order valence-corrected chi connectivity index (χ4v) is 2.08. The first-order valence-electron chi connectivity index (χ1n) is 7.97. The van der Waals surface area contributed by atoms with Crippen LogP contribution in [0.4, 0.5) is 10.1 Å². The zero-order valence-corrected chi connectivity index (χ0v) is 14.7. The summed E-state index contributed by atoms with van der Waals surface area (Å²) < 4.78 is 23.6. The molecule has 0 aliphatic heterocycles. The Morgan fingerprint density at radius 3 is 2.44 bits per heavy atom. The van der Waals surface area contributed by atoms with Gasteiger partial charge in [-0.05, 0) is 42.8 Å². The number of methoxy groups -OCH3 is 1. The number of nitrogens with one attached hydrogen (secondary N) is 1. The van der Waals surface area contributed by atoms with Gasteiger partial charge in [0.05, 0.1) is 12.8 Å². The third-order valence-electron chi connectivity index (χ3n) is 3.55. The standard InChI is InChI=1S/C20H17FN2O4/c1-13(19(24)23-18-6-4-3-5-17(18)21)27-20(25)15(12-22)11-14-7-9-16(26-2)10-8-14/h3-11,13H,1-2H3,(H,23,24)/b15-11+/t13-/m1/s1. The number of nitrogens with zero attached hydrogens (tertiary/aromatic N) is 1. The summed E-state index contributed by atoms with van der Waals surface area (Å²) in [5, 5.41) is 11.5. The third-order valence-corrected chi connectivity index (χ3v) is 3.55. The van der Waals surface area contributed by atoms with E-state index in [1.165, 1.54) is 38.3 Å². The van der Waals surface area contributed by atoms with E-state index in [0.29, 0.717) is 11.3 Å². The number of rotatable bonds is 6. The van der Waals surface area contributed by atoms with Crippen LogP contribution in [0.3, 0.4) is 0 Å². The van der Waals surface area contributed by atoms with Crippen LogP contribution in [-0.2, 0) is 14.3 Å². The molecule has 1 N–H and O–H groups in total. The number of amides is 1. The Hall–Kier alpha value is -3.66. The van der Waals surface area contributed by atoms with Gasteiger partial charge in [-0.1, -0.05) is 24.3 Å². The van der Waals surface area contributed by atoms with Crippen molar-refractivity contribution in [1.29, 1.82) is 5.26 Å². The molecule has 0 bridgehead atoms. The SMILES string of the molecule is COc1ccc(/C=C(\C#N)C(=O)O[C@H](C)C(=O)Nc2ccccc2F)cc1. The number of anilines is 1. The lowest BCUT2D eigenvalue weighted by Gasteiger charge is -2.13. The van der Waals surface area contributed by atoms with Crippen LogP contribution in [0.2, 0.25) is 0 Å². The number of hydrogen-bond donors (Lipinski definition) is 1. The highest BCUT2D eigenvalue weighted by molar-refractivity contribution is 6.01. The summed E-state index contributed by atoms with van der Waals surface area (Å²) in [5.74, 6) is -1.65. The van der Waals surface area contributed by atoms with Crippen molar-refractivity contribution >= 4 is 23.6 Å². The summed E-state index contributed by atoms with van der Waals surface area (Å²) in [6.45, 7) is 1.33. The Labute approximate surface area is 155 Å². The summed E-state index contributed by atoms with van der Waals surface area (Å²) in [5.41, 5.74) is 0.290. The first kappa shape index (κ1) is 19.7. The van der Waals surface area contributed by atoms with Crippen molar-refractivity contribution in [2.45, 2.75) is 13.0 Å². The maximum absolute atomic E-state index is 13.6. The molecule has 2 rings (SSSR count). The molecule has 0 saturated carbocycles. The number of carbonyl (C=O) groups is 2. The molecule has 0 heterocycles. The van der Waals surface area contributed by atoms with E-state index in [1.54, 1.807) is 36.4 Å². The van der Waals surface area contributed by atoms with Gasteiger partial charge in [-0.15, -0.1) is 0 Å². The van der Waals surface area contributed by atoms with Gasteiger partial charge in [0.25, 0.3) is 5.91 Å². The van der Waals surface area contributed by atoms with Crippen LogP contribution in [0.15, 0.2) is 54.1 Å². The lowest BCUT2D eigenvalue weighted by Crippen LogP contribution is -2.30. The second-order valence-electron chi connectivity index (χ2n) is 5.46. The Morgan fingerprint density at radius 1 is 1.19 bits per heavy atom.